The molecule has 13 heteroatoms. The van der Waals surface area contributed by atoms with Crippen molar-refractivity contribution in [3.63, 3.8) is 0 Å². The Bertz CT molecular complexity index is 543. The average molecular weight is 508 g/mol. The van der Waals surface area contributed by atoms with E-state index >= 15 is 0 Å². The smallest absolute Gasteiger partial charge is 0.542 e. The third-order valence-electron chi connectivity index (χ3n) is 2.82. The van der Waals surface area contributed by atoms with Crippen molar-refractivity contribution in [2.45, 2.75) is 79.1 Å². The minimum atomic E-state index is -1.58. The molecule has 0 saturated heterocycles. The van der Waals surface area contributed by atoms with Crippen molar-refractivity contribution in [1.82, 2.24) is 0 Å². The number of carboxylic acid groups (broad SMARTS) is 4. The Balaban J connectivity index is -0.000000105. The number of Topliss-reactive ketones (excluding diaryl/α,β-unsaturated/α-hetero) is 4. The van der Waals surface area contributed by atoms with E-state index in [4.69, 9.17) is 0 Å². The van der Waals surface area contributed by atoms with Crippen LogP contribution in [0, 0.1) is 0 Å². The predicted molar refractivity (Wildman–Crippen MR) is 99.7 cm³/mol. The summed E-state index contributed by atoms with van der Waals surface area (Å²) in [6.07, 6.45) is 2.59. The van der Waals surface area contributed by atoms with Gasteiger partial charge in [0.1, 0.15) is 23.9 Å². The number of carboxylic acids is 4. The molecule has 0 amide bonds. The van der Waals surface area contributed by atoms with Crippen molar-refractivity contribution in [1.29, 1.82) is 0 Å². The van der Waals surface area contributed by atoms with Crippen molar-refractivity contribution < 1.29 is 80.5 Å². The second-order valence-corrected chi connectivity index (χ2v) is 5.84. The van der Waals surface area contributed by atoms with E-state index in [1.165, 1.54) is 0 Å². The van der Waals surface area contributed by atoms with Gasteiger partial charge in [-0.1, -0.05) is 27.7 Å². The Morgan fingerprint density at radius 2 is 0.515 bits per heavy atom. The van der Waals surface area contributed by atoms with Crippen LogP contribution in [0.3, 0.4) is 0 Å². The number of hydrogen-bond donors (Lipinski definition) is 0. The maximum Gasteiger partial charge on any atom is 4.00 e. The Hall–Kier alpha value is -2.73. The van der Waals surface area contributed by atoms with Gasteiger partial charge in [-0.2, -0.15) is 0 Å². The Labute approximate surface area is 206 Å². The van der Waals surface area contributed by atoms with Gasteiger partial charge in [-0.15, -0.1) is 0 Å². The van der Waals surface area contributed by atoms with Crippen molar-refractivity contribution >= 4 is 47.0 Å². The van der Waals surface area contributed by atoms with Crippen molar-refractivity contribution in [3.05, 3.63) is 0 Å². The van der Waals surface area contributed by atoms with Crippen LogP contribution in [0.1, 0.15) is 79.1 Å². The van der Waals surface area contributed by atoms with Gasteiger partial charge < -0.3 is 39.6 Å². The van der Waals surface area contributed by atoms with Crippen LogP contribution in [0.2, 0.25) is 0 Å². The number of hydrogen-bond acceptors (Lipinski definition) is 12. The molecule has 0 aliphatic rings. The van der Waals surface area contributed by atoms with Gasteiger partial charge in [-0.25, -0.2) is 0 Å². The van der Waals surface area contributed by atoms with Crippen LogP contribution >= 0.6 is 0 Å². The molecule has 0 spiro atoms. The third-order valence-corrected chi connectivity index (χ3v) is 2.82. The van der Waals surface area contributed by atoms with Crippen molar-refractivity contribution in [2.24, 2.45) is 0 Å². The van der Waals surface area contributed by atoms with Gasteiger partial charge in [-0.05, 0) is 25.7 Å². The maximum absolute atomic E-state index is 10.1. The van der Waals surface area contributed by atoms with E-state index in [2.05, 4.69) is 0 Å². The average Bonchev–Trinajstić information content (AvgIpc) is 2.70. The summed E-state index contributed by atoms with van der Waals surface area (Å²) in [4.78, 5) is 78.8. The van der Waals surface area contributed by atoms with E-state index in [9.17, 15) is 58.8 Å². The minimum absolute atomic E-state index is 0. The van der Waals surface area contributed by atoms with Crippen LogP contribution in [0.5, 0.6) is 0 Å². The van der Waals surface area contributed by atoms with E-state index in [0.717, 1.165) is 0 Å². The number of rotatable bonds is 12. The standard InChI is InChI=1S/4C5H8O3.Ti/c4*1-2-3-4(6)5(7)8;/h4*2-3H2,1H3,(H,7,8);/q;;;;+4/p-4. The predicted octanol–water partition coefficient (Wildman–Crippen LogP) is -3.58. The van der Waals surface area contributed by atoms with Crippen LogP contribution in [0.25, 0.3) is 0 Å². The maximum atomic E-state index is 10.1. The van der Waals surface area contributed by atoms with E-state index < -0.39 is 47.0 Å². The van der Waals surface area contributed by atoms with E-state index in [0.29, 0.717) is 25.7 Å². The largest absolute Gasteiger partial charge is 4.00 e. The molecular weight excluding hydrogens is 480 g/mol. The first-order valence-electron chi connectivity index (χ1n) is 9.69. The van der Waals surface area contributed by atoms with E-state index in [-0.39, 0.29) is 47.4 Å². The van der Waals surface area contributed by atoms with Gasteiger partial charge in [0, 0.05) is 25.7 Å². The van der Waals surface area contributed by atoms with Crippen LogP contribution in [-0.4, -0.2) is 47.0 Å². The molecule has 0 unspecified atom stereocenters. The summed E-state index contributed by atoms with van der Waals surface area (Å²) in [5.41, 5.74) is 0. The molecule has 33 heavy (non-hydrogen) atoms. The number of aliphatic carboxylic acids is 4. The molecule has 0 heterocycles. The van der Waals surface area contributed by atoms with E-state index in [1.54, 1.807) is 27.7 Å². The molecule has 0 N–H and O–H groups in total. The monoisotopic (exact) mass is 508 g/mol. The van der Waals surface area contributed by atoms with E-state index in [1.807, 2.05) is 0 Å². The molecule has 184 valence electrons. The quantitative estimate of drug-likeness (QED) is 0.184. The van der Waals surface area contributed by atoms with Gasteiger partial charge >= 0.3 is 21.7 Å². The molecule has 0 radical (unpaired) electrons. The first-order valence-corrected chi connectivity index (χ1v) is 9.69. The van der Waals surface area contributed by atoms with Crippen LogP contribution < -0.4 is 20.4 Å². The SMILES string of the molecule is CCCC(=O)C(=O)[O-].CCCC(=O)C(=O)[O-].CCCC(=O)C(=O)[O-].CCCC(=O)C(=O)[O-].[Ti+4]. The summed E-state index contributed by atoms with van der Waals surface area (Å²) in [5, 5.41) is 38.5. The fraction of sp³-hybridized carbons (Fsp3) is 0.600. The molecule has 0 fully saturated rings. The molecule has 0 aromatic heterocycles. The summed E-state index contributed by atoms with van der Waals surface area (Å²) in [6.45, 7) is 6.95. The fourth-order valence-electron chi connectivity index (χ4n) is 1.32. The molecule has 0 atom stereocenters. The van der Waals surface area contributed by atoms with Gasteiger partial charge in [0.25, 0.3) is 0 Å². The fourth-order valence-corrected chi connectivity index (χ4v) is 1.32. The number of ketones is 4. The van der Waals surface area contributed by atoms with Gasteiger partial charge in [0.2, 0.25) is 0 Å². The van der Waals surface area contributed by atoms with Gasteiger partial charge in [0.15, 0.2) is 23.1 Å². The Morgan fingerprint density at radius 1 is 0.394 bits per heavy atom. The zero-order valence-corrected chi connectivity index (χ0v) is 20.6. The molecule has 0 aromatic carbocycles. The summed E-state index contributed by atoms with van der Waals surface area (Å²) in [6, 6.07) is 0. The second-order valence-electron chi connectivity index (χ2n) is 5.84. The molecule has 12 nitrogen and oxygen atoms in total. The molecule has 0 aliphatic carbocycles. The zero-order valence-electron chi connectivity index (χ0n) is 19.1. The Kier molecular flexibility index (Phi) is 33.6. The third kappa shape index (κ3) is 34.1. The van der Waals surface area contributed by atoms with Crippen LogP contribution in [0.15, 0.2) is 0 Å². The summed E-state index contributed by atoms with van der Waals surface area (Å²) in [7, 11) is 0. The van der Waals surface area contributed by atoms with Crippen molar-refractivity contribution in [3.8, 4) is 0 Å². The minimum Gasteiger partial charge on any atom is -0.542 e. The first kappa shape index (κ1) is 40.6. The normalized spacial score (nSPS) is 8.36. The molecule has 0 rings (SSSR count). The molecule has 0 aliphatic heterocycles. The van der Waals surface area contributed by atoms with Gasteiger partial charge in [-0.3, -0.25) is 19.2 Å². The molecule has 0 saturated carbocycles. The molecule has 0 aromatic rings. The topological polar surface area (TPSA) is 229 Å². The Morgan fingerprint density at radius 3 is 0.545 bits per heavy atom. The second kappa shape index (κ2) is 27.3. The number of carbonyl (C=O) groups excluding carboxylic acids is 8. The van der Waals surface area contributed by atoms with Crippen LogP contribution in [-0.2, 0) is 60.1 Å². The van der Waals surface area contributed by atoms with Crippen molar-refractivity contribution in [2.75, 3.05) is 0 Å². The summed E-state index contributed by atoms with van der Waals surface area (Å²) in [5.74, 6) is -9.56. The summed E-state index contributed by atoms with van der Waals surface area (Å²) < 4.78 is 0. The zero-order chi connectivity index (χ0) is 26.3. The van der Waals surface area contributed by atoms with Crippen LogP contribution in [0.4, 0.5) is 0 Å². The molecule has 0 bridgehead atoms. The summed E-state index contributed by atoms with van der Waals surface area (Å²) >= 11 is 0. The molecular formula is C20H28O12Ti. The van der Waals surface area contributed by atoms with Gasteiger partial charge in [0.05, 0.1) is 0 Å². The first-order chi connectivity index (χ1) is 14.7. The number of carbonyl (C=O) groups is 8.